The fourth-order valence-electron chi connectivity index (χ4n) is 2.65. The van der Waals surface area contributed by atoms with E-state index in [1.165, 1.54) is 35.0 Å². The van der Waals surface area contributed by atoms with Crippen LogP contribution in [0.25, 0.3) is 0 Å². The summed E-state index contributed by atoms with van der Waals surface area (Å²) in [6.07, 6.45) is 2.64. The molecule has 2 nitrogen and oxygen atoms in total. The SMILES string of the molecule is Cc1ccc(CN(CC2CCCN2)C(C)C)c(Br)c1. The van der Waals surface area contributed by atoms with Crippen LogP contribution in [0.4, 0.5) is 0 Å². The van der Waals surface area contributed by atoms with Gasteiger partial charge in [0.2, 0.25) is 0 Å². The van der Waals surface area contributed by atoms with E-state index < -0.39 is 0 Å². The minimum Gasteiger partial charge on any atom is -0.313 e. The molecule has 0 amide bonds. The maximum Gasteiger partial charge on any atom is 0.0248 e. The fraction of sp³-hybridized carbons (Fsp3) is 0.625. The average Bonchev–Trinajstić information content (AvgIpc) is 2.84. The Balaban J connectivity index is 2.02. The second-order valence-corrected chi connectivity index (χ2v) is 6.77. The van der Waals surface area contributed by atoms with Crippen LogP contribution in [0.3, 0.4) is 0 Å². The molecule has 1 aliphatic heterocycles. The van der Waals surface area contributed by atoms with E-state index in [1.54, 1.807) is 0 Å². The van der Waals surface area contributed by atoms with Gasteiger partial charge in [-0.2, -0.15) is 0 Å². The Morgan fingerprint density at radius 1 is 1.42 bits per heavy atom. The van der Waals surface area contributed by atoms with Crippen LogP contribution < -0.4 is 5.32 Å². The highest BCUT2D eigenvalue weighted by molar-refractivity contribution is 9.10. The van der Waals surface area contributed by atoms with Crippen LogP contribution in [0, 0.1) is 6.92 Å². The molecule has 3 heteroatoms. The molecule has 0 spiro atoms. The van der Waals surface area contributed by atoms with Gasteiger partial charge in [-0.25, -0.2) is 0 Å². The van der Waals surface area contributed by atoms with Crippen LogP contribution in [-0.4, -0.2) is 30.1 Å². The summed E-state index contributed by atoms with van der Waals surface area (Å²) in [4.78, 5) is 2.57. The van der Waals surface area contributed by atoms with Crippen molar-refractivity contribution in [3.05, 3.63) is 33.8 Å². The molecule has 1 unspecified atom stereocenters. The Hall–Kier alpha value is -0.380. The zero-order valence-corrected chi connectivity index (χ0v) is 13.8. The molecule has 1 fully saturated rings. The Morgan fingerprint density at radius 3 is 2.79 bits per heavy atom. The fourth-order valence-corrected chi connectivity index (χ4v) is 3.27. The van der Waals surface area contributed by atoms with Crippen molar-refractivity contribution in [2.75, 3.05) is 13.1 Å². The number of nitrogens with one attached hydrogen (secondary N) is 1. The van der Waals surface area contributed by atoms with E-state index in [0.29, 0.717) is 12.1 Å². The third kappa shape index (κ3) is 4.30. The van der Waals surface area contributed by atoms with Crippen molar-refractivity contribution in [3.63, 3.8) is 0 Å². The van der Waals surface area contributed by atoms with Crippen molar-refractivity contribution in [3.8, 4) is 0 Å². The Bertz CT molecular complexity index is 411. The smallest absolute Gasteiger partial charge is 0.0248 e. The van der Waals surface area contributed by atoms with Gasteiger partial charge in [0.25, 0.3) is 0 Å². The molecule has 1 saturated heterocycles. The first-order chi connectivity index (χ1) is 9.06. The Labute approximate surface area is 125 Å². The van der Waals surface area contributed by atoms with E-state index in [9.17, 15) is 0 Å². The van der Waals surface area contributed by atoms with E-state index in [-0.39, 0.29) is 0 Å². The molecule has 0 aromatic heterocycles. The highest BCUT2D eigenvalue weighted by Crippen LogP contribution is 2.21. The van der Waals surface area contributed by atoms with Crippen LogP contribution in [0.1, 0.15) is 37.8 Å². The zero-order chi connectivity index (χ0) is 13.8. The maximum absolute atomic E-state index is 3.70. The molecule has 0 saturated carbocycles. The van der Waals surface area contributed by atoms with Crippen molar-refractivity contribution in [1.29, 1.82) is 0 Å². The van der Waals surface area contributed by atoms with Gasteiger partial charge in [0.1, 0.15) is 0 Å². The van der Waals surface area contributed by atoms with Crippen molar-refractivity contribution < 1.29 is 0 Å². The van der Waals surface area contributed by atoms with E-state index >= 15 is 0 Å². The molecule has 0 bridgehead atoms. The molecule has 0 aliphatic carbocycles. The lowest BCUT2D eigenvalue weighted by Crippen LogP contribution is -2.40. The molecule has 0 radical (unpaired) electrons. The van der Waals surface area contributed by atoms with Gasteiger partial charge in [-0.15, -0.1) is 0 Å². The molecule has 1 aliphatic rings. The van der Waals surface area contributed by atoms with Crippen molar-refractivity contribution in [2.45, 2.75) is 52.2 Å². The van der Waals surface area contributed by atoms with Gasteiger partial charge < -0.3 is 5.32 Å². The lowest BCUT2D eigenvalue weighted by atomic mass is 10.1. The first-order valence-corrected chi connectivity index (χ1v) is 8.08. The number of hydrogen-bond donors (Lipinski definition) is 1. The summed E-state index contributed by atoms with van der Waals surface area (Å²) in [5.74, 6) is 0. The van der Waals surface area contributed by atoms with Crippen molar-refractivity contribution in [2.24, 2.45) is 0 Å². The first-order valence-electron chi connectivity index (χ1n) is 7.28. The quantitative estimate of drug-likeness (QED) is 0.888. The van der Waals surface area contributed by atoms with Gasteiger partial charge >= 0.3 is 0 Å². The van der Waals surface area contributed by atoms with E-state index in [2.05, 4.69) is 65.1 Å². The monoisotopic (exact) mass is 324 g/mol. The third-order valence-corrected chi connectivity index (χ3v) is 4.67. The Kier molecular flexibility index (Phi) is 5.43. The van der Waals surface area contributed by atoms with Gasteiger partial charge in [0.05, 0.1) is 0 Å². The number of benzene rings is 1. The number of halogens is 1. The number of rotatable bonds is 5. The molecule has 1 N–H and O–H groups in total. The lowest BCUT2D eigenvalue weighted by Gasteiger charge is -2.29. The van der Waals surface area contributed by atoms with Crippen molar-refractivity contribution in [1.82, 2.24) is 10.2 Å². The largest absolute Gasteiger partial charge is 0.313 e. The topological polar surface area (TPSA) is 15.3 Å². The molecule has 1 aromatic rings. The highest BCUT2D eigenvalue weighted by atomic mass is 79.9. The summed E-state index contributed by atoms with van der Waals surface area (Å²) >= 11 is 3.70. The summed E-state index contributed by atoms with van der Waals surface area (Å²) in [6, 6.07) is 7.91. The zero-order valence-electron chi connectivity index (χ0n) is 12.2. The minimum absolute atomic E-state index is 0.579. The van der Waals surface area contributed by atoms with Crippen molar-refractivity contribution >= 4 is 15.9 Å². The van der Waals surface area contributed by atoms with Crippen LogP contribution in [0.2, 0.25) is 0 Å². The van der Waals surface area contributed by atoms with Crippen LogP contribution in [-0.2, 0) is 6.54 Å². The normalized spacial score (nSPS) is 19.6. The first kappa shape index (κ1) is 15.0. The molecule has 19 heavy (non-hydrogen) atoms. The molecular formula is C16H25BrN2. The molecule has 2 rings (SSSR count). The van der Waals surface area contributed by atoms with Gasteiger partial charge in [-0.1, -0.05) is 28.1 Å². The maximum atomic E-state index is 3.70. The second-order valence-electron chi connectivity index (χ2n) is 5.91. The highest BCUT2D eigenvalue weighted by Gasteiger charge is 2.20. The summed E-state index contributed by atoms with van der Waals surface area (Å²) in [7, 11) is 0. The van der Waals surface area contributed by atoms with Gasteiger partial charge in [0.15, 0.2) is 0 Å². The molecule has 1 heterocycles. The summed E-state index contributed by atoms with van der Waals surface area (Å²) in [5, 5.41) is 3.60. The molecule has 1 atom stereocenters. The number of nitrogens with zero attached hydrogens (tertiary/aromatic N) is 1. The predicted molar refractivity (Wildman–Crippen MR) is 85.4 cm³/mol. The standard InChI is InChI=1S/C16H25BrN2/c1-12(2)19(11-15-5-4-8-18-15)10-14-7-6-13(3)9-16(14)17/h6-7,9,12,15,18H,4-5,8,10-11H2,1-3H3. The van der Waals surface area contributed by atoms with E-state index in [0.717, 1.165) is 13.1 Å². The Morgan fingerprint density at radius 2 is 2.21 bits per heavy atom. The second kappa shape index (κ2) is 6.87. The summed E-state index contributed by atoms with van der Waals surface area (Å²) in [5.41, 5.74) is 2.70. The lowest BCUT2D eigenvalue weighted by molar-refractivity contribution is 0.193. The summed E-state index contributed by atoms with van der Waals surface area (Å²) < 4.78 is 1.23. The summed E-state index contributed by atoms with van der Waals surface area (Å²) in [6.45, 7) is 10.1. The third-order valence-electron chi connectivity index (χ3n) is 3.93. The van der Waals surface area contributed by atoms with Crippen LogP contribution in [0.5, 0.6) is 0 Å². The van der Waals surface area contributed by atoms with Crippen LogP contribution in [0.15, 0.2) is 22.7 Å². The molecule has 1 aromatic carbocycles. The molecular weight excluding hydrogens is 300 g/mol. The van der Waals surface area contributed by atoms with Gasteiger partial charge in [-0.3, -0.25) is 4.90 Å². The van der Waals surface area contributed by atoms with E-state index in [4.69, 9.17) is 0 Å². The minimum atomic E-state index is 0.579. The van der Waals surface area contributed by atoms with E-state index in [1.807, 2.05) is 0 Å². The predicted octanol–water partition coefficient (Wildman–Crippen LogP) is 3.72. The number of hydrogen-bond acceptors (Lipinski definition) is 2. The van der Waals surface area contributed by atoms with Crippen LogP contribution >= 0.6 is 15.9 Å². The van der Waals surface area contributed by atoms with Gasteiger partial charge in [0, 0.05) is 29.6 Å². The molecule has 106 valence electrons. The number of aryl methyl sites for hydroxylation is 1. The van der Waals surface area contributed by atoms with Gasteiger partial charge in [-0.05, 0) is 57.4 Å². The average molecular weight is 325 g/mol.